The van der Waals surface area contributed by atoms with Crippen LogP contribution in [0.2, 0.25) is 0 Å². The molecule has 0 fully saturated rings. The van der Waals surface area contributed by atoms with Crippen LogP contribution in [0.15, 0.2) is 28.6 Å². The van der Waals surface area contributed by atoms with Crippen molar-refractivity contribution in [2.45, 2.75) is 0 Å². The maximum atomic E-state index is 7.30. The third kappa shape index (κ3) is 1.23. The van der Waals surface area contributed by atoms with Crippen LogP contribution in [0.4, 0.5) is 5.69 Å². The molecule has 0 radical (unpaired) electrons. The Balaban J connectivity index is 3.60. The fourth-order valence-electron chi connectivity index (χ4n) is 0.307. The van der Waals surface area contributed by atoms with Crippen LogP contribution in [0.25, 0.3) is 0 Å². The van der Waals surface area contributed by atoms with Crippen molar-refractivity contribution in [3.05, 3.63) is 28.6 Å². The molecule has 8 heavy (non-hydrogen) atoms. The fraction of sp³-hybridized carbons (Fsp3) is 0. The molecule has 2 heteroatoms. The van der Waals surface area contributed by atoms with Crippen molar-refractivity contribution in [3.8, 4) is 0 Å². The van der Waals surface area contributed by atoms with Gasteiger partial charge in [0, 0.05) is 10.2 Å². The van der Waals surface area contributed by atoms with E-state index in [1.165, 1.54) is 0 Å². The molecule has 1 aromatic carbocycles. The zero-order chi connectivity index (χ0) is 9.46. The van der Waals surface area contributed by atoms with E-state index in [4.69, 9.17) is 11.2 Å². The molecule has 2 N–H and O–H groups in total. The van der Waals surface area contributed by atoms with Crippen molar-refractivity contribution in [2.75, 3.05) is 5.73 Å². The molecule has 0 saturated carbocycles. The lowest BCUT2D eigenvalue weighted by molar-refractivity contribution is 1.64. The van der Waals surface area contributed by atoms with Gasteiger partial charge in [-0.15, -0.1) is 0 Å². The molecule has 0 aliphatic carbocycles. The van der Waals surface area contributed by atoms with Crippen molar-refractivity contribution in [1.29, 1.82) is 0 Å². The number of nitrogens with two attached hydrogens (primary N) is 1. The Morgan fingerprint density at radius 3 is 2.38 bits per heavy atom. The smallest absolute Gasteiger partial charge is 0.0645 e. The van der Waals surface area contributed by atoms with E-state index in [0.717, 1.165) is 0 Å². The predicted molar refractivity (Wildman–Crippen MR) is 38.6 cm³/mol. The van der Waals surface area contributed by atoms with E-state index in [1.54, 1.807) is 0 Å². The normalized spacial score (nSPS) is 16.1. The second-order valence-corrected chi connectivity index (χ2v) is 2.02. The number of anilines is 1. The van der Waals surface area contributed by atoms with E-state index >= 15 is 0 Å². The Labute approximate surface area is 62.3 Å². The molecule has 1 aromatic rings. The monoisotopic (exact) mass is 175 g/mol. The highest BCUT2D eigenvalue weighted by molar-refractivity contribution is 9.10. The molecule has 0 spiro atoms. The lowest BCUT2D eigenvalue weighted by atomic mass is 10.3. The number of nitrogen functional groups attached to an aromatic ring is 1. The average Bonchev–Trinajstić information content (AvgIpc) is 2.08. The SMILES string of the molecule is [2H]c1c([2H])c(Br)c([2H])c([2H])c1N. The lowest BCUT2D eigenvalue weighted by Crippen LogP contribution is -1.80. The summed E-state index contributed by atoms with van der Waals surface area (Å²) in [6, 6.07) is -0.701. The van der Waals surface area contributed by atoms with Gasteiger partial charge in [0.2, 0.25) is 0 Å². The van der Waals surface area contributed by atoms with E-state index in [0.29, 0.717) is 0 Å². The van der Waals surface area contributed by atoms with E-state index in [2.05, 4.69) is 15.9 Å². The molecule has 0 aromatic heterocycles. The molecule has 1 rings (SSSR count). The Hall–Kier alpha value is -0.500. The molecule has 0 bridgehead atoms. The minimum atomic E-state index is -0.206. The highest BCUT2D eigenvalue weighted by atomic mass is 79.9. The summed E-state index contributed by atoms with van der Waals surface area (Å²) in [5, 5.41) is 0. The third-order valence-electron chi connectivity index (χ3n) is 0.614. The Morgan fingerprint density at radius 2 is 1.88 bits per heavy atom. The zero-order valence-corrected chi connectivity index (χ0v) is 5.54. The number of halogens is 1. The van der Waals surface area contributed by atoms with Gasteiger partial charge in [0.05, 0.1) is 5.48 Å². The second kappa shape index (κ2) is 2.18. The summed E-state index contributed by atoms with van der Waals surface area (Å²) in [6.07, 6.45) is 0. The van der Waals surface area contributed by atoms with Crippen molar-refractivity contribution in [1.82, 2.24) is 0 Å². The van der Waals surface area contributed by atoms with Gasteiger partial charge >= 0.3 is 0 Å². The number of benzene rings is 1. The van der Waals surface area contributed by atoms with Gasteiger partial charge in [0.1, 0.15) is 0 Å². The predicted octanol–water partition coefficient (Wildman–Crippen LogP) is 2.03. The average molecular weight is 176 g/mol. The lowest BCUT2D eigenvalue weighted by Gasteiger charge is -1.88. The molecule has 0 unspecified atom stereocenters. The first kappa shape index (κ1) is 2.40. The molecular weight excluding hydrogens is 166 g/mol. The van der Waals surface area contributed by atoms with Crippen LogP contribution in [0.3, 0.4) is 0 Å². The van der Waals surface area contributed by atoms with Crippen LogP contribution in [0, 0.1) is 0 Å². The highest BCUT2D eigenvalue weighted by Crippen LogP contribution is 2.10. The summed E-state index contributed by atoms with van der Waals surface area (Å²) >= 11 is 2.94. The largest absolute Gasteiger partial charge is 0.399 e. The minimum Gasteiger partial charge on any atom is -0.399 e. The first-order valence-electron chi connectivity index (χ1n) is 3.98. The molecule has 1 nitrogen and oxygen atoms in total. The number of hydrogen-bond acceptors (Lipinski definition) is 1. The Morgan fingerprint density at radius 1 is 1.38 bits per heavy atom. The highest BCUT2D eigenvalue weighted by Gasteiger charge is 1.81. The molecule has 0 saturated heterocycles. The second-order valence-electron chi connectivity index (χ2n) is 1.23. The quantitative estimate of drug-likeness (QED) is 0.601. The summed E-state index contributed by atoms with van der Waals surface area (Å²) in [5.41, 5.74) is 5.20. The zero-order valence-electron chi connectivity index (χ0n) is 7.96. The van der Waals surface area contributed by atoms with Crippen molar-refractivity contribution < 1.29 is 5.48 Å². The van der Waals surface area contributed by atoms with Crippen LogP contribution in [0.1, 0.15) is 5.48 Å². The van der Waals surface area contributed by atoms with Gasteiger partial charge in [-0.1, -0.05) is 15.9 Å². The summed E-state index contributed by atoms with van der Waals surface area (Å²) in [4.78, 5) is 0. The van der Waals surface area contributed by atoms with Crippen LogP contribution in [0.5, 0.6) is 0 Å². The molecule has 0 atom stereocenters. The van der Waals surface area contributed by atoms with E-state index in [1.807, 2.05) is 0 Å². The fourth-order valence-corrected chi connectivity index (χ4v) is 0.505. The van der Waals surface area contributed by atoms with E-state index < -0.39 is 0 Å². The molecule has 0 heterocycles. The van der Waals surface area contributed by atoms with Crippen molar-refractivity contribution >= 4 is 21.6 Å². The number of hydrogen-bond donors (Lipinski definition) is 1. The van der Waals surface area contributed by atoms with Crippen molar-refractivity contribution in [2.24, 2.45) is 0 Å². The van der Waals surface area contributed by atoms with Crippen molar-refractivity contribution in [3.63, 3.8) is 0 Å². The minimum absolute atomic E-state index is 0.117. The Bertz CT molecular complexity index is 234. The van der Waals surface area contributed by atoms with Gasteiger partial charge in [-0.2, -0.15) is 0 Å². The van der Waals surface area contributed by atoms with Crippen LogP contribution < -0.4 is 5.73 Å². The summed E-state index contributed by atoms with van der Waals surface area (Å²) in [5.74, 6) is 0. The molecule has 0 aliphatic rings. The van der Waals surface area contributed by atoms with Crippen LogP contribution in [-0.2, 0) is 0 Å². The van der Waals surface area contributed by atoms with Gasteiger partial charge in [0.15, 0.2) is 0 Å². The maximum Gasteiger partial charge on any atom is 0.0645 e. The standard InChI is InChI=1S/C6H6BrN/c7-5-1-3-6(8)4-2-5/h1-4H,8H2/i1D,2D,3D,4D. The van der Waals surface area contributed by atoms with Gasteiger partial charge < -0.3 is 5.73 Å². The topological polar surface area (TPSA) is 26.0 Å². The van der Waals surface area contributed by atoms with Gasteiger partial charge in [0.25, 0.3) is 0 Å². The van der Waals surface area contributed by atoms with Gasteiger partial charge in [-0.05, 0) is 24.2 Å². The van der Waals surface area contributed by atoms with Crippen LogP contribution in [-0.4, -0.2) is 0 Å². The summed E-state index contributed by atoms with van der Waals surface area (Å²) in [7, 11) is 0. The van der Waals surface area contributed by atoms with Gasteiger partial charge in [-0.3, -0.25) is 0 Å². The molecule has 42 valence electrons. The van der Waals surface area contributed by atoms with Gasteiger partial charge in [-0.25, -0.2) is 0 Å². The van der Waals surface area contributed by atoms with E-state index in [-0.39, 0.29) is 34.3 Å². The molecule has 0 aliphatic heterocycles. The Kier molecular flexibility index (Phi) is 0.653. The summed E-state index contributed by atoms with van der Waals surface area (Å²) < 4.78 is 29.3. The maximum absolute atomic E-state index is 7.30. The molecular formula is C6H6BrN. The van der Waals surface area contributed by atoms with E-state index in [9.17, 15) is 0 Å². The molecule has 0 amide bonds. The third-order valence-corrected chi connectivity index (χ3v) is 1.01. The van der Waals surface area contributed by atoms with Crippen LogP contribution >= 0.6 is 15.9 Å². The first-order chi connectivity index (χ1) is 5.46. The first-order valence-corrected chi connectivity index (χ1v) is 2.77. The summed E-state index contributed by atoms with van der Waals surface area (Å²) in [6.45, 7) is 0. The number of rotatable bonds is 0.